The number of anilines is 1. The van der Waals surface area contributed by atoms with Gasteiger partial charge in [0.05, 0.1) is 33.3 Å². The number of hydrogen-bond donors (Lipinski definition) is 1. The second kappa shape index (κ2) is 9.43. The second-order valence-electron chi connectivity index (χ2n) is 7.90. The number of hydrogen-bond acceptors (Lipinski definition) is 5. The molecule has 0 unspecified atom stereocenters. The topological polar surface area (TPSA) is 77.1 Å². The van der Waals surface area contributed by atoms with Crippen LogP contribution in [0.15, 0.2) is 60.7 Å². The number of ether oxygens (including phenoxy) is 3. The molecule has 8 heteroatoms. The molecule has 1 N–H and O–H groups in total. The van der Waals surface area contributed by atoms with E-state index < -0.39 is 17.8 Å². The molecule has 34 heavy (non-hydrogen) atoms. The van der Waals surface area contributed by atoms with Gasteiger partial charge in [-0.1, -0.05) is 12.1 Å². The average Bonchev–Trinajstić information content (AvgIpc) is 2.86. The lowest BCUT2D eigenvalue weighted by Gasteiger charge is -2.40. The number of rotatable bonds is 6. The van der Waals surface area contributed by atoms with Crippen LogP contribution < -0.4 is 19.5 Å². The first kappa shape index (κ1) is 23.1. The SMILES string of the molecule is COc1ccc([C@@H]2[C@@H](C(=O)Nc3ccc(F)cc3)c3cc(OC)c(OC)cc3C(=O)N2C)cc1. The smallest absolute Gasteiger partial charge is 0.254 e. The molecule has 3 aromatic carbocycles. The van der Waals surface area contributed by atoms with E-state index in [0.717, 1.165) is 5.56 Å². The molecule has 0 aromatic heterocycles. The molecule has 0 aliphatic carbocycles. The van der Waals surface area contributed by atoms with Gasteiger partial charge in [-0.05, 0) is 59.7 Å². The zero-order valence-corrected chi connectivity index (χ0v) is 19.3. The van der Waals surface area contributed by atoms with Gasteiger partial charge in [0, 0.05) is 18.3 Å². The summed E-state index contributed by atoms with van der Waals surface area (Å²) in [6.45, 7) is 0. The minimum absolute atomic E-state index is 0.248. The van der Waals surface area contributed by atoms with Crippen molar-refractivity contribution in [1.29, 1.82) is 0 Å². The van der Waals surface area contributed by atoms with Gasteiger partial charge < -0.3 is 24.4 Å². The van der Waals surface area contributed by atoms with Crippen LogP contribution in [0, 0.1) is 5.82 Å². The Kier molecular flexibility index (Phi) is 6.40. The lowest BCUT2D eigenvalue weighted by Crippen LogP contribution is -2.44. The van der Waals surface area contributed by atoms with E-state index >= 15 is 0 Å². The predicted octanol–water partition coefficient (Wildman–Crippen LogP) is 4.40. The number of methoxy groups -OCH3 is 3. The van der Waals surface area contributed by atoms with Crippen molar-refractivity contribution < 1.29 is 28.2 Å². The Labute approximate surface area is 197 Å². The Hall–Kier alpha value is -4.07. The Morgan fingerprint density at radius 1 is 0.912 bits per heavy atom. The summed E-state index contributed by atoms with van der Waals surface area (Å²) < 4.78 is 29.5. The van der Waals surface area contributed by atoms with Crippen molar-refractivity contribution in [2.75, 3.05) is 33.7 Å². The summed E-state index contributed by atoms with van der Waals surface area (Å²) in [5, 5.41) is 2.86. The number of nitrogens with one attached hydrogen (secondary N) is 1. The van der Waals surface area contributed by atoms with Gasteiger partial charge in [-0.2, -0.15) is 0 Å². The largest absolute Gasteiger partial charge is 0.497 e. The Morgan fingerprint density at radius 3 is 2.12 bits per heavy atom. The van der Waals surface area contributed by atoms with Crippen molar-refractivity contribution in [2.24, 2.45) is 0 Å². The highest BCUT2D eigenvalue weighted by Gasteiger charge is 2.43. The minimum atomic E-state index is -0.782. The van der Waals surface area contributed by atoms with E-state index in [9.17, 15) is 14.0 Å². The first-order valence-electron chi connectivity index (χ1n) is 10.6. The third-order valence-electron chi connectivity index (χ3n) is 6.03. The normalized spacial score (nSPS) is 17.1. The molecule has 1 heterocycles. The van der Waals surface area contributed by atoms with Gasteiger partial charge in [0.25, 0.3) is 5.91 Å². The van der Waals surface area contributed by atoms with E-state index in [-0.39, 0.29) is 11.8 Å². The van der Waals surface area contributed by atoms with Gasteiger partial charge in [0.2, 0.25) is 5.91 Å². The van der Waals surface area contributed by atoms with Crippen LogP contribution in [0.4, 0.5) is 10.1 Å². The summed E-state index contributed by atoms with van der Waals surface area (Å²) >= 11 is 0. The van der Waals surface area contributed by atoms with Gasteiger partial charge in [0.15, 0.2) is 11.5 Å². The van der Waals surface area contributed by atoms with E-state index in [0.29, 0.717) is 34.1 Å². The van der Waals surface area contributed by atoms with Gasteiger partial charge >= 0.3 is 0 Å². The van der Waals surface area contributed by atoms with Crippen molar-refractivity contribution in [2.45, 2.75) is 12.0 Å². The summed E-state index contributed by atoms with van der Waals surface area (Å²) in [5.41, 5.74) is 2.07. The molecule has 1 aliphatic rings. The molecule has 1 aliphatic heterocycles. The monoisotopic (exact) mass is 464 g/mol. The number of carbonyl (C=O) groups is 2. The number of benzene rings is 3. The molecule has 2 atom stereocenters. The summed E-state index contributed by atoms with van der Waals surface area (Å²) in [5.74, 6) is -0.319. The predicted molar refractivity (Wildman–Crippen MR) is 125 cm³/mol. The third kappa shape index (κ3) is 4.14. The van der Waals surface area contributed by atoms with E-state index in [2.05, 4.69) is 5.32 Å². The van der Waals surface area contributed by atoms with Crippen LogP contribution in [-0.4, -0.2) is 45.1 Å². The highest BCUT2D eigenvalue weighted by Crippen LogP contribution is 2.46. The molecular weight excluding hydrogens is 439 g/mol. The van der Waals surface area contributed by atoms with Gasteiger partial charge in [-0.3, -0.25) is 9.59 Å². The third-order valence-corrected chi connectivity index (χ3v) is 6.03. The first-order valence-corrected chi connectivity index (χ1v) is 10.6. The van der Waals surface area contributed by atoms with Crippen molar-refractivity contribution >= 4 is 17.5 Å². The van der Waals surface area contributed by atoms with Gasteiger partial charge in [-0.15, -0.1) is 0 Å². The maximum absolute atomic E-state index is 13.7. The molecule has 7 nitrogen and oxygen atoms in total. The summed E-state index contributed by atoms with van der Waals surface area (Å²) in [7, 11) is 6.21. The van der Waals surface area contributed by atoms with Crippen molar-refractivity contribution in [3.63, 3.8) is 0 Å². The number of carbonyl (C=O) groups excluding carboxylic acids is 2. The molecule has 0 saturated heterocycles. The fourth-order valence-electron chi connectivity index (χ4n) is 4.30. The molecule has 0 radical (unpaired) electrons. The molecule has 0 bridgehead atoms. The fourth-order valence-corrected chi connectivity index (χ4v) is 4.30. The fraction of sp³-hybridized carbons (Fsp3) is 0.231. The molecule has 0 fully saturated rings. The maximum atomic E-state index is 13.7. The minimum Gasteiger partial charge on any atom is -0.497 e. The summed E-state index contributed by atoms with van der Waals surface area (Å²) in [6.07, 6.45) is 0. The molecule has 2 amide bonds. The lowest BCUT2D eigenvalue weighted by atomic mass is 9.79. The zero-order chi connectivity index (χ0) is 24.4. The van der Waals surface area contributed by atoms with Crippen LogP contribution >= 0.6 is 0 Å². The highest BCUT2D eigenvalue weighted by atomic mass is 19.1. The van der Waals surface area contributed by atoms with Gasteiger partial charge in [-0.25, -0.2) is 4.39 Å². The maximum Gasteiger partial charge on any atom is 0.254 e. The van der Waals surface area contributed by atoms with Crippen molar-refractivity contribution in [3.8, 4) is 17.2 Å². The van der Waals surface area contributed by atoms with Crippen molar-refractivity contribution in [1.82, 2.24) is 4.90 Å². The van der Waals surface area contributed by atoms with Crippen LogP contribution in [0.1, 0.15) is 33.4 Å². The van der Waals surface area contributed by atoms with E-state index in [1.165, 1.54) is 38.5 Å². The lowest BCUT2D eigenvalue weighted by molar-refractivity contribution is -0.119. The van der Waals surface area contributed by atoms with Crippen LogP contribution in [0.3, 0.4) is 0 Å². The van der Waals surface area contributed by atoms with E-state index in [4.69, 9.17) is 14.2 Å². The molecule has 176 valence electrons. The molecule has 4 rings (SSSR count). The molecule has 0 spiro atoms. The molecular formula is C26H25FN2O5. The Balaban J connectivity index is 1.86. The van der Waals surface area contributed by atoms with Crippen LogP contribution in [0.2, 0.25) is 0 Å². The summed E-state index contributed by atoms with van der Waals surface area (Å²) in [4.78, 5) is 28.6. The number of nitrogens with zero attached hydrogens (tertiary/aromatic N) is 1. The van der Waals surface area contributed by atoms with Crippen LogP contribution in [0.25, 0.3) is 0 Å². The van der Waals surface area contributed by atoms with Crippen molar-refractivity contribution in [3.05, 3.63) is 83.2 Å². The van der Waals surface area contributed by atoms with Crippen LogP contribution in [-0.2, 0) is 4.79 Å². The summed E-state index contributed by atoms with van der Waals surface area (Å²) in [6, 6.07) is 15.4. The molecule has 3 aromatic rings. The highest BCUT2D eigenvalue weighted by molar-refractivity contribution is 6.04. The second-order valence-corrected chi connectivity index (χ2v) is 7.90. The van der Waals surface area contributed by atoms with Gasteiger partial charge in [0.1, 0.15) is 11.6 Å². The zero-order valence-electron chi connectivity index (χ0n) is 19.3. The average molecular weight is 464 g/mol. The standard InChI is InChI=1S/C26H25FN2O5/c1-29-24(15-5-11-18(32-2)12-6-15)23(25(30)28-17-9-7-16(27)8-10-17)19-13-21(33-3)22(34-4)14-20(19)26(29)31/h5-14,23-24H,1-4H3,(H,28,30)/t23-,24+/m0/s1. The Bertz CT molecular complexity index is 1210. The number of likely N-dealkylation sites (N-methyl/N-ethyl adjacent to an activating group) is 1. The van der Waals surface area contributed by atoms with E-state index in [1.807, 2.05) is 12.1 Å². The quantitative estimate of drug-likeness (QED) is 0.585. The number of halogens is 1. The first-order chi connectivity index (χ1) is 16.4. The Morgan fingerprint density at radius 2 is 1.53 bits per heavy atom. The number of fused-ring (bicyclic) bond motifs is 1. The molecule has 0 saturated carbocycles. The van der Waals surface area contributed by atoms with Crippen LogP contribution in [0.5, 0.6) is 17.2 Å². The van der Waals surface area contributed by atoms with E-state index in [1.54, 1.807) is 43.3 Å². The number of amides is 2.